The molecular weight excluding hydrogens is 827 g/mol. The molecule has 0 aliphatic carbocycles. The summed E-state index contributed by atoms with van der Waals surface area (Å²) in [7, 11) is 0. The van der Waals surface area contributed by atoms with Crippen LogP contribution in [0.5, 0.6) is 0 Å². The second-order valence-corrected chi connectivity index (χ2v) is 17.3. The van der Waals surface area contributed by atoms with Gasteiger partial charge in [0.25, 0.3) is 5.69 Å². The Kier molecular flexibility index (Phi) is 7.86. The first-order valence-corrected chi connectivity index (χ1v) is 22.3. The lowest BCUT2D eigenvalue weighted by atomic mass is 9.92. The number of hydrogen-bond donors (Lipinski definition) is 0. The Morgan fingerprint density at radius 3 is 1.27 bits per heavy atom. The topological polar surface area (TPSA) is 79.3 Å². The van der Waals surface area contributed by atoms with Gasteiger partial charge in [0.05, 0.1) is 32.6 Å². The second-order valence-electron chi connectivity index (χ2n) is 17.3. The predicted molar refractivity (Wildman–Crippen MR) is 273 cm³/mol. The summed E-state index contributed by atoms with van der Waals surface area (Å²) in [6.45, 7) is 0. The van der Waals surface area contributed by atoms with Crippen LogP contribution in [0.25, 0.3) is 132 Å². The normalized spacial score (nSPS) is 12.0. The van der Waals surface area contributed by atoms with Crippen molar-refractivity contribution in [2.24, 2.45) is 0 Å². The summed E-state index contributed by atoms with van der Waals surface area (Å²) >= 11 is 0. The molecule has 0 aliphatic rings. The molecule has 0 aliphatic heterocycles. The third-order valence-electron chi connectivity index (χ3n) is 13.6. The number of rotatable bonds is 6. The molecule has 0 amide bonds. The highest BCUT2D eigenvalue weighted by Gasteiger charge is 2.22. The fourth-order valence-electron chi connectivity index (χ4n) is 10.5. The van der Waals surface area contributed by atoms with Crippen LogP contribution in [0.2, 0.25) is 0 Å². The molecule has 0 fully saturated rings. The highest BCUT2D eigenvalue weighted by Crippen LogP contribution is 2.44. The van der Waals surface area contributed by atoms with Gasteiger partial charge in [0.1, 0.15) is 22.3 Å². The van der Waals surface area contributed by atoms with Crippen molar-refractivity contribution in [1.29, 1.82) is 0 Å². The van der Waals surface area contributed by atoms with E-state index in [0.717, 1.165) is 127 Å². The maximum atomic E-state index is 12.6. The molecule has 0 atom stereocenters. The maximum absolute atomic E-state index is 12.6. The van der Waals surface area contributed by atoms with Crippen molar-refractivity contribution in [3.05, 3.63) is 222 Å². The molecule has 314 valence electrons. The number of nitro benzene ring substituents is 1. The van der Waals surface area contributed by atoms with E-state index >= 15 is 0 Å². The molecule has 14 rings (SSSR count). The average Bonchev–Trinajstić information content (AvgIpc) is 4.12. The number of nitrogens with zero attached hydrogens (tertiary/aromatic N) is 3. The van der Waals surface area contributed by atoms with Crippen molar-refractivity contribution >= 4 is 93.2 Å². The fraction of sp³-hybridized carbons (Fsp3) is 0. The second kappa shape index (κ2) is 14.1. The van der Waals surface area contributed by atoms with Gasteiger partial charge in [-0.05, 0) is 137 Å². The molecule has 7 nitrogen and oxygen atoms in total. The summed E-state index contributed by atoms with van der Waals surface area (Å²) in [4.78, 5) is 12.3. The number of fused-ring (bicyclic) bond motifs is 12. The van der Waals surface area contributed by atoms with Crippen LogP contribution < -0.4 is 0 Å². The standard InChI is InChI=1S/C60H35N3O4/c64-63(65)54-20-10-7-17-43(54)40-28-38(36-23-25-52-46(30-36)48-34-59-50(44-18-8-11-21-57(44)66-59)32-55(48)61(52)41-13-3-1-4-14-41)27-39(29-40)37-24-26-53-47(31-37)49-35-60-51(45-19-9-12-22-58(45)67-60)33-56(49)62(53)42-15-5-2-6-16-42/h1-35H. The van der Waals surface area contributed by atoms with Crippen molar-refractivity contribution in [2.75, 3.05) is 0 Å². The Bertz CT molecular complexity index is 4110. The summed E-state index contributed by atoms with van der Waals surface area (Å²) in [5.74, 6) is 0. The number of nitro groups is 1. The van der Waals surface area contributed by atoms with Gasteiger partial charge < -0.3 is 18.0 Å². The third kappa shape index (κ3) is 5.65. The molecule has 0 unspecified atom stereocenters. The minimum absolute atomic E-state index is 0.0538. The Hall–Kier alpha value is -9.20. The van der Waals surface area contributed by atoms with Crippen molar-refractivity contribution in [1.82, 2.24) is 9.13 Å². The van der Waals surface area contributed by atoms with E-state index in [1.807, 2.05) is 60.7 Å². The monoisotopic (exact) mass is 861 g/mol. The zero-order valence-electron chi connectivity index (χ0n) is 35.7. The van der Waals surface area contributed by atoms with Crippen molar-refractivity contribution in [2.45, 2.75) is 0 Å². The van der Waals surface area contributed by atoms with E-state index < -0.39 is 0 Å². The van der Waals surface area contributed by atoms with Gasteiger partial charge in [0.2, 0.25) is 0 Å². The van der Waals surface area contributed by atoms with Crippen LogP contribution in [0.1, 0.15) is 0 Å². The maximum Gasteiger partial charge on any atom is 0.277 e. The molecule has 10 aromatic carbocycles. The van der Waals surface area contributed by atoms with Gasteiger partial charge in [-0.3, -0.25) is 10.1 Å². The van der Waals surface area contributed by atoms with Crippen LogP contribution in [0.4, 0.5) is 5.69 Å². The molecule has 0 N–H and O–H groups in total. The van der Waals surface area contributed by atoms with Gasteiger partial charge in [0, 0.05) is 60.5 Å². The van der Waals surface area contributed by atoms with E-state index in [4.69, 9.17) is 8.83 Å². The van der Waals surface area contributed by atoms with Gasteiger partial charge in [0.15, 0.2) is 0 Å². The smallest absolute Gasteiger partial charge is 0.277 e. The van der Waals surface area contributed by atoms with Crippen molar-refractivity contribution < 1.29 is 13.8 Å². The van der Waals surface area contributed by atoms with E-state index in [9.17, 15) is 10.1 Å². The first kappa shape index (κ1) is 37.2. The van der Waals surface area contributed by atoms with E-state index in [0.29, 0.717) is 5.56 Å². The molecular formula is C60H35N3O4. The van der Waals surface area contributed by atoms with Crippen molar-refractivity contribution in [3.63, 3.8) is 0 Å². The lowest BCUT2D eigenvalue weighted by molar-refractivity contribution is -0.384. The predicted octanol–water partition coefficient (Wildman–Crippen LogP) is 16.6. The summed E-state index contributed by atoms with van der Waals surface area (Å²) < 4.78 is 17.5. The first-order valence-electron chi connectivity index (χ1n) is 22.3. The number of aromatic nitrogens is 2. The Morgan fingerprint density at radius 1 is 0.328 bits per heavy atom. The summed E-state index contributed by atoms with van der Waals surface area (Å²) in [5, 5.41) is 21.1. The van der Waals surface area contributed by atoms with E-state index in [1.54, 1.807) is 12.1 Å². The van der Waals surface area contributed by atoms with E-state index in [2.05, 4.69) is 149 Å². The summed E-state index contributed by atoms with van der Waals surface area (Å²) in [6.07, 6.45) is 0. The molecule has 67 heavy (non-hydrogen) atoms. The zero-order valence-corrected chi connectivity index (χ0v) is 35.7. The molecule has 0 radical (unpaired) electrons. The highest BCUT2D eigenvalue weighted by atomic mass is 16.6. The minimum Gasteiger partial charge on any atom is -0.456 e. The quantitative estimate of drug-likeness (QED) is 0.123. The lowest BCUT2D eigenvalue weighted by Crippen LogP contribution is -1.94. The molecule has 0 saturated heterocycles. The van der Waals surface area contributed by atoms with Gasteiger partial charge in [-0.25, -0.2) is 0 Å². The SMILES string of the molecule is O=[N+]([O-])c1ccccc1-c1cc(-c2ccc3c(c2)c2cc4oc5ccccc5c4cc2n3-c2ccccc2)cc(-c2ccc3c(c2)c2cc4oc5ccccc5c4cc2n3-c2ccccc2)c1. The highest BCUT2D eigenvalue weighted by molar-refractivity contribution is 6.19. The molecule has 14 aromatic rings. The summed E-state index contributed by atoms with van der Waals surface area (Å²) in [5.41, 5.74) is 15.0. The van der Waals surface area contributed by atoms with E-state index in [1.165, 1.54) is 0 Å². The lowest BCUT2D eigenvalue weighted by Gasteiger charge is -2.13. The fourth-order valence-corrected chi connectivity index (χ4v) is 10.5. The number of hydrogen-bond acceptors (Lipinski definition) is 4. The van der Waals surface area contributed by atoms with Gasteiger partial charge in [-0.15, -0.1) is 0 Å². The van der Waals surface area contributed by atoms with Gasteiger partial charge >= 0.3 is 0 Å². The van der Waals surface area contributed by atoms with Crippen LogP contribution >= 0.6 is 0 Å². The molecule has 7 heteroatoms. The number of benzene rings is 10. The Labute approximate surface area is 381 Å². The van der Waals surface area contributed by atoms with Gasteiger partial charge in [-0.2, -0.15) is 0 Å². The largest absolute Gasteiger partial charge is 0.456 e. The Balaban J connectivity index is 1.01. The number of furan rings is 2. The third-order valence-corrected chi connectivity index (χ3v) is 13.6. The van der Waals surface area contributed by atoms with Crippen LogP contribution in [-0.4, -0.2) is 14.1 Å². The van der Waals surface area contributed by atoms with Gasteiger partial charge in [-0.1, -0.05) is 97.1 Å². The molecule has 0 spiro atoms. The van der Waals surface area contributed by atoms with Crippen molar-refractivity contribution in [3.8, 4) is 44.8 Å². The van der Waals surface area contributed by atoms with Crippen LogP contribution in [-0.2, 0) is 0 Å². The first-order chi connectivity index (χ1) is 33.0. The van der Waals surface area contributed by atoms with E-state index in [-0.39, 0.29) is 10.6 Å². The zero-order chi connectivity index (χ0) is 44.3. The van der Waals surface area contributed by atoms with Crippen LogP contribution in [0.15, 0.2) is 221 Å². The van der Waals surface area contributed by atoms with Crippen LogP contribution in [0, 0.1) is 10.1 Å². The molecule has 4 heterocycles. The molecule has 4 aromatic heterocycles. The number of para-hydroxylation sites is 5. The minimum atomic E-state index is -0.297. The van der Waals surface area contributed by atoms with Crippen LogP contribution in [0.3, 0.4) is 0 Å². The average molecular weight is 862 g/mol. The molecule has 0 bridgehead atoms. The Morgan fingerprint density at radius 2 is 0.761 bits per heavy atom. The molecule has 0 saturated carbocycles. The summed E-state index contributed by atoms with van der Waals surface area (Å²) in [6, 6.07) is 72.7.